The lowest BCUT2D eigenvalue weighted by atomic mass is 10.2. The third-order valence-electron chi connectivity index (χ3n) is 2.26. The van der Waals surface area contributed by atoms with Crippen molar-refractivity contribution in [2.75, 3.05) is 0 Å². The van der Waals surface area contributed by atoms with E-state index in [0.29, 0.717) is 5.82 Å². The molecule has 1 aromatic carbocycles. The largest absolute Gasteiger partial charge is 0.388 e. The number of halogens is 1. The molecule has 4 nitrogen and oxygen atoms in total. The lowest BCUT2D eigenvalue weighted by Crippen LogP contribution is -2.02. The molecule has 1 aromatic heterocycles. The second-order valence-corrected chi connectivity index (χ2v) is 4.01. The van der Waals surface area contributed by atoms with Crippen LogP contribution in [-0.2, 0) is 6.61 Å². The summed E-state index contributed by atoms with van der Waals surface area (Å²) in [5.74, 6) is 0.538. The molecule has 0 saturated heterocycles. The topological polar surface area (TPSA) is 50.9 Å². The first-order valence-corrected chi connectivity index (χ1v) is 5.28. The molecule has 0 unspecified atom stereocenters. The molecular weight excluding hydrogens is 258 g/mol. The summed E-state index contributed by atoms with van der Waals surface area (Å²) < 4.78 is 2.80. The molecule has 0 saturated carbocycles. The van der Waals surface area contributed by atoms with Crippen LogP contribution in [0.1, 0.15) is 11.4 Å². The van der Waals surface area contributed by atoms with Crippen molar-refractivity contribution in [1.29, 1.82) is 0 Å². The molecule has 0 aliphatic rings. The molecule has 1 heterocycles. The molecule has 1 N–H and O–H groups in total. The second kappa shape index (κ2) is 4.12. The fraction of sp³-hybridized carbons (Fsp3) is 0.200. The normalized spacial score (nSPS) is 10.6. The maximum absolute atomic E-state index is 9.09. The maximum Gasteiger partial charge on any atom is 0.163 e. The molecule has 2 aromatic rings. The summed E-state index contributed by atoms with van der Waals surface area (Å²) in [5, 5.41) is 16.7. The monoisotopic (exact) mass is 267 g/mol. The van der Waals surface area contributed by atoms with Gasteiger partial charge in [0.05, 0.1) is 5.69 Å². The number of aliphatic hydroxyl groups is 1. The van der Waals surface area contributed by atoms with Crippen molar-refractivity contribution in [3.63, 3.8) is 0 Å². The number of nitrogens with zero attached hydrogens (tertiary/aromatic N) is 3. The number of aromatic nitrogens is 3. The van der Waals surface area contributed by atoms with E-state index < -0.39 is 0 Å². The predicted molar refractivity (Wildman–Crippen MR) is 59.7 cm³/mol. The summed E-state index contributed by atoms with van der Waals surface area (Å²) >= 11 is 3.46. The van der Waals surface area contributed by atoms with E-state index in [2.05, 4.69) is 26.1 Å². The van der Waals surface area contributed by atoms with Crippen LogP contribution in [0.2, 0.25) is 0 Å². The van der Waals surface area contributed by atoms with Crippen molar-refractivity contribution in [3.05, 3.63) is 40.4 Å². The van der Waals surface area contributed by atoms with E-state index in [4.69, 9.17) is 5.11 Å². The zero-order valence-electron chi connectivity index (χ0n) is 8.18. The van der Waals surface area contributed by atoms with E-state index in [1.54, 1.807) is 10.9 Å². The third kappa shape index (κ3) is 1.80. The molecule has 0 atom stereocenters. The highest BCUT2D eigenvalue weighted by molar-refractivity contribution is 9.10. The summed E-state index contributed by atoms with van der Waals surface area (Å²) in [6, 6.07) is 5.87. The Kier molecular flexibility index (Phi) is 2.83. The van der Waals surface area contributed by atoms with E-state index in [0.717, 1.165) is 15.7 Å². The van der Waals surface area contributed by atoms with Crippen molar-refractivity contribution in [1.82, 2.24) is 14.8 Å². The average Bonchev–Trinajstić information content (AvgIpc) is 2.70. The van der Waals surface area contributed by atoms with Gasteiger partial charge >= 0.3 is 0 Å². The molecule has 15 heavy (non-hydrogen) atoms. The molecule has 0 aliphatic heterocycles. The Bertz CT molecular complexity index is 481. The number of hydrogen-bond donors (Lipinski definition) is 1. The van der Waals surface area contributed by atoms with Gasteiger partial charge in [-0.3, -0.25) is 4.57 Å². The van der Waals surface area contributed by atoms with Gasteiger partial charge in [-0.1, -0.05) is 22.0 Å². The van der Waals surface area contributed by atoms with E-state index in [9.17, 15) is 0 Å². The van der Waals surface area contributed by atoms with E-state index in [-0.39, 0.29) is 6.61 Å². The molecule has 0 radical (unpaired) electrons. The SMILES string of the molecule is Cc1c(Br)cccc1-n1cnnc1CO. The number of rotatable bonds is 2. The summed E-state index contributed by atoms with van der Waals surface area (Å²) in [4.78, 5) is 0. The van der Waals surface area contributed by atoms with Gasteiger partial charge in [0.1, 0.15) is 12.9 Å². The molecular formula is C10H10BrN3O. The van der Waals surface area contributed by atoms with Crippen LogP contribution < -0.4 is 0 Å². The second-order valence-electron chi connectivity index (χ2n) is 3.16. The fourth-order valence-electron chi connectivity index (χ4n) is 1.43. The van der Waals surface area contributed by atoms with Gasteiger partial charge in [0.25, 0.3) is 0 Å². The average molecular weight is 268 g/mol. The van der Waals surface area contributed by atoms with Gasteiger partial charge in [0.15, 0.2) is 5.82 Å². The summed E-state index contributed by atoms with van der Waals surface area (Å²) in [6.07, 6.45) is 1.60. The van der Waals surface area contributed by atoms with Crippen LogP contribution >= 0.6 is 15.9 Å². The predicted octanol–water partition coefficient (Wildman–Crippen LogP) is 1.83. The Hall–Kier alpha value is -1.20. The Morgan fingerprint density at radius 1 is 1.47 bits per heavy atom. The van der Waals surface area contributed by atoms with Crippen LogP contribution in [0.4, 0.5) is 0 Å². The molecule has 0 aliphatic carbocycles. The van der Waals surface area contributed by atoms with Gasteiger partial charge in [-0.15, -0.1) is 10.2 Å². The molecule has 0 bridgehead atoms. The first-order valence-electron chi connectivity index (χ1n) is 4.49. The highest BCUT2D eigenvalue weighted by Crippen LogP contribution is 2.23. The smallest absolute Gasteiger partial charge is 0.163 e. The minimum Gasteiger partial charge on any atom is -0.388 e. The summed E-state index contributed by atoms with van der Waals surface area (Å²) in [7, 11) is 0. The lowest BCUT2D eigenvalue weighted by molar-refractivity contribution is 0.269. The van der Waals surface area contributed by atoms with Crippen molar-refractivity contribution in [2.24, 2.45) is 0 Å². The van der Waals surface area contributed by atoms with Crippen LogP contribution in [0.3, 0.4) is 0 Å². The Morgan fingerprint density at radius 3 is 3.00 bits per heavy atom. The van der Waals surface area contributed by atoms with Crippen LogP contribution in [-0.4, -0.2) is 19.9 Å². The van der Waals surface area contributed by atoms with Crippen molar-refractivity contribution < 1.29 is 5.11 Å². The summed E-state index contributed by atoms with van der Waals surface area (Å²) in [5.41, 5.74) is 2.06. The van der Waals surface area contributed by atoms with Crippen molar-refractivity contribution in [2.45, 2.75) is 13.5 Å². The van der Waals surface area contributed by atoms with Crippen molar-refractivity contribution in [3.8, 4) is 5.69 Å². The zero-order chi connectivity index (χ0) is 10.8. The standard InChI is InChI=1S/C10H10BrN3O/c1-7-8(11)3-2-4-9(7)14-6-12-13-10(14)5-15/h2-4,6,15H,5H2,1H3. The molecule has 2 rings (SSSR count). The van der Waals surface area contributed by atoms with E-state index in [1.807, 2.05) is 25.1 Å². The zero-order valence-corrected chi connectivity index (χ0v) is 9.77. The molecule has 0 amide bonds. The molecule has 0 fully saturated rings. The van der Waals surface area contributed by atoms with E-state index in [1.165, 1.54) is 0 Å². The first kappa shape index (κ1) is 10.3. The van der Waals surface area contributed by atoms with Gasteiger partial charge in [0, 0.05) is 4.47 Å². The molecule has 0 spiro atoms. The first-order chi connectivity index (χ1) is 7.24. The number of benzene rings is 1. The molecule has 78 valence electrons. The molecule has 5 heteroatoms. The van der Waals surface area contributed by atoms with Crippen LogP contribution in [0.15, 0.2) is 29.0 Å². The highest BCUT2D eigenvalue weighted by Gasteiger charge is 2.08. The van der Waals surface area contributed by atoms with Crippen LogP contribution in [0.5, 0.6) is 0 Å². The Morgan fingerprint density at radius 2 is 2.27 bits per heavy atom. The van der Waals surface area contributed by atoms with E-state index >= 15 is 0 Å². The fourth-order valence-corrected chi connectivity index (χ4v) is 1.78. The number of aliphatic hydroxyl groups excluding tert-OH is 1. The van der Waals surface area contributed by atoms with Crippen LogP contribution in [0.25, 0.3) is 5.69 Å². The van der Waals surface area contributed by atoms with Crippen LogP contribution in [0, 0.1) is 6.92 Å². The van der Waals surface area contributed by atoms with Crippen molar-refractivity contribution >= 4 is 15.9 Å². The van der Waals surface area contributed by atoms with Gasteiger partial charge < -0.3 is 5.11 Å². The third-order valence-corrected chi connectivity index (χ3v) is 3.12. The summed E-state index contributed by atoms with van der Waals surface area (Å²) in [6.45, 7) is 1.88. The van der Waals surface area contributed by atoms with Gasteiger partial charge in [-0.2, -0.15) is 0 Å². The lowest BCUT2D eigenvalue weighted by Gasteiger charge is -2.09. The number of hydrogen-bond acceptors (Lipinski definition) is 3. The quantitative estimate of drug-likeness (QED) is 0.904. The minimum atomic E-state index is -0.119. The highest BCUT2D eigenvalue weighted by atomic mass is 79.9. The maximum atomic E-state index is 9.09. The van der Waals surface area contributed by atoms with Gasteiger partial charge in [0.2, 0.25) is 0 Å². The van der Waals surface area contributed by atoms with Gasteiger partial charge in [-0.25, -0.2) is 0 Å². The minimum absolute atomic E-state index is 0.119. The van der Waals surface area contributed by atoms with Gasteiger partial charge in [-0.05, 0) is 24.6 Å². The Balaban J connectivity index is 2.59. The Labute approximate surface area is 95.7 Å².